The summed E-state index contributed by atoms with van der Waals surface area (Å²) in [6.45, 7) is 6.69. The molecule has 2 heteroatoms. The van der Waals surface area contributed by atoms with E-state index in [1.54, 1.807) is 5.57 Å². The first kappa shape index (κ1) is 16.8. The van der Waals surface area contributed by atoms with Crippen LogP contribution in [0.5, 0.6) is 0 Å². The zero-order valence-electron chi connectivity index (χ0n) is 15.7. The molecule has 4 saturated carbocycles. The maximum absolute atomic E-state index is 12.4. The van der Waals surface area contributed by atoms with Crippen LogP contribution in [0.3, 0.4) is 0 Å². The van der Waals surface area contributed by atoms with Gasteiger partial charge in [0.25, 0.3) is 0 Å². The zero-order chi connectivity index (χ0) is 17.2. The lowest BCUT2D eigenvalue weighted by Crippen LogP contribution is -2.57. The molecule has 0 aromatic rings. The molecular formula is C22H34O2. The van der Waals surface area contributed by atoms with Gasteiger partial charge in [0.15, 0.2) is 0 Å². The number of hydrogen-bond donors (Lipinski definition) is 1. The Hall–Kier alpha value is -0.630. The molecule has 0 radical (unpaired) electrons. The largest absolute Gasteiger partial charge is 0.390 e. The summed E-state index contributed by atoms with van der Waals surface area (Å²) >= 11 is 0. The minimum atomic E-state index is -0.557. The first-order valence-electron chi connectivity index (χ1n) is 10.2. The monoisotopic (exact) mass is 330 g/mol. The molecule has 0 spiro atoms. The van der Waals surface area contributed by atoms with E-state index in [4.69, 9.17) is 0 Å². The molecule has 134 valence electrons. The number of allylic oxidation sites excluding steroid dienone is 2. The highest BCUT2D eigenvalue weighted by Crippen LogP contribution is 2.67. The van der Waals surface area contributed by atoms with Crippen LogP contribution in [0, 0.1) is 34.5 Å². The van der Waals surface area contributed by atoms with E-state index in [1.807, 2.05) is 6.92 Å². The standard InChI is InChI=1S/C22H34O2/c1-4-15-6-8-18-17-7-5-16-13-20(2,24)11-12-22(16,14-23)19(17)9-10-21(15,18)3/h4,14,16-19,24H,5-13H2,1-3H3/b15-4-/t16-,17+,18+,19+,20-,21-,22-/m1/s1. The minimum Gasteiger partial charge on any atom is -0.390 e. The van der Waals surface area contributed by atoms with Crippen LogP contribution in [0.25, 0.3) is 0 Å². The molecule has 0 bridgehead atoms. The molecule has 0 amide bonds. The molecule has 0 heterocycles. The molecule has 4 rings (SSSR count). The molecule has 4 aliphatic rings. The van der Waals surface area contributed by atoms with Gasteiger partial charge in [-0.1, -0.05) is 18.6 Å². The third-order valence-electron chi connectivity index (χ3n) is 8.93. The van der Waals surface area contributed by atoms with Gasteiger partial charge in [0.1, 0.15) is 6.29 Å². The van der Waals surface area contributed by atoms with Crippen molar-refractivity contribution in [2.45, 2.75) is 84.2 Å². The van der Waals surface area contributed by atoms with E-state index in [9.17, 15) is 9.90 Å². The van der Waals surface area contributed by atoms with Crippen molar-refractivity contribution in [3.8, 4) is 0 Å². The van der Waals surface area contributed by atoms with E-state index in [2.05, 4.69) is 19.9 Å². The first-order valence-corrected chi connectivity index (χ1v) is 10.2. The quantitative estimate of drug-likeness (QED) is 0.548. The number of rotatable bonds is 1. The Morgan fingerprint density at radius 1 is 1.04 bits per heavy atom. The summed E-state index contributed by atoms with van der Waals surface area (Å²) in [5, 5.41) is 10.6. The summed E-state index contributed by atoms with van der Waals surface area (Å²) in [7, 11) is 0. The van der Waals surface area contributed by atoms with Gasteiger partial charge in [0.05, 0.1) is 5.60 Å². The molecular weight excluding hydrogens is 296 g/mol. The summed E-state index contributed by atoms with van der Waals surface area (Å²) in [4.78, 5) is 12.4. The minimum absolute atomic E-state index is 0.134. The number of carbonyl (C=O) groups is 1. The Balaban J connectivity index is 1.67. The average Bonchev–Trinajstić information content (AvgIpc) is 2.90. The Labute approximate surface area is 147 Å². The van der Waals surface area contributed by atoms with Gasteiger partial charge in [-0.3, -0.25) is 0 Å². The van der Waals surface area contributed by atoms with Gasteiger partial charge >= 0.3 is 0 Å². The van der Waals surface area contributed by atoms with E-state index >= 15 is 0 Å². The van der Waals surface area contributed by atoms with Crippen LogP contribution in [0.2, 0.25) is 0 Å². The second-order valence-corrected chi connectivity index (χ2v) is 9.89. The van der Waals surface area contributed by atoms with Crippen molar-refractivity contribution in [3.63, 3.8) is 0 Å². The van der Waals surface area contributed by atoms with Crippen molar-refractivity contribution < 1.29 is 9.90 Å². The highest BCUT2D eigenvalue weighted by Gasteiger charge is 2.61. The van der Waals surface area contributed by atoms with Crippen LogP contribution >= 0.6 is 0 Å². The van der Waals surface area contributed by atoms with Crippen LogP contribution in [0.1, 0.15) is 78.6 Å². The SMILES string of the molecule is C/C=C1/CC[C@H]2[C@@H]3CC[C@@H]4C[C@](C)(O)CC[C@]4(C=O)[C@H]3CC[C@]12C. The fraction of sp³-hybridized carbons (Fsp3) is 0.864. The molecule has 7 atom stereocenters. The third-order valence-corrected chi connectivity index (χ3v) is 8.93. The van der Waals surface area contributed by atoms with E-state index in [0.29, 0.717) is 17.3 Å². The van der Waals surface area contributed by atoms with E-state index in [-0.39, 0.29) is 5.41 Å². The number of aliphatic hydroxyl groups is 1. The summed E-state index contributed by atoms with van der Waals surface area (Å²) in [6, 6.07) is 0. The van der Waals surface area contributed by atoms with Gasteiger partial charge < -0.3 is 9.90 Å². The molecule has 0 saturated heterocycles. The Morgan fingerprint density at radius 3 is 2.54 bits per heavy atom. The van der Waals surface area contributed by atoms with Crippen LogP contribution in [0.15, 0.2) is 11.6 Å². The number of fused-ring (bicyclic) bond motifs is 5. The van der Waals surface area contributed by atoms with Crippen molar-refractivity contribution in [2.24, 2.45) is 34.5 Å². The molecule has 0 aliphatic heterocycles. The van der Waals surface area contributed by atoms with Crippen molar-refractivity contribution in [1.29, 1.82) is 0 Å². The van der Waals surface area contributed by atoms with Gasteiger partial charge in [-0.15, -0.1) is 0 Å². The predicted molar refractivity (Wildman–Crippen MR) is 96.5 cm³/mol. The van der Waals surface area contributed by atoms with Gasteiger partial charge in [-0.2, -0.15) is 0 Å². The van der Waals surface area contributed by atoms with Gasteiger partial charge in [-0.25, -0.2) is 0 Å². The summed E-state index contributed by atoms with van der Waals surface area (Å²) < 4.78 is 0. The second-order valence-electron chi connectivity index (χ2n) is 9.89. The lowest BCUT2D eigenvalue weighted by Gasteiger charge is -2.60. The molecule has 2 nitrogen and oxygen atoms in total. The topological polar surface area (TPSA) is 37.3 Å². The maximum Gasteiger partial charge on any atom is 0.126 e. The summed E-state index contributed by atoms with van der Waals surface area (Å²) in [6.07, 6.45) is 13.8. The molecule has 0 aromatic carbocycles. The molecule has 1 N–H and O–H groups in total. The maximum atomic E-state index is 12.4. The van der Waals surface area contributed by atoms with Crippen molar-refractivity contribution >= 4 is 6.29 Å². The fourth-order valence-electron chi connectivity index (χ4n) is 7.69. The highest BCUT2D eigenvalue weighted by atomic mass is 16.3. The lowest BCUT2D eigenvalue weighted by molar-refractivity contribution is -0.159. The molecule has 0 unspecified atom stereocenters. The normalized spacial score (nSPS) is 55.6. The van der Waals surface area contributed by atoms with E-state index < -0.39 is 5.60 Å². The molecule has 4 aliphatic carbocycles. The first-order chi connectivity index (χ1) is 11.4. The predicted octanol–water partition coefficient (Wildman–Crippen LogP) is 4.91. The van der Waals surface area contributed by atoms with Gasteiger partial charge in [0, 0.05) is 5.41 Å². The number of carbonyl (C=O) groups excluding carboxylic acids is 1. The number of aldehydes is 1. The van der Waals surface area contributed by atoms with Crippen molar-refractivity contribution in [3.05, 3.63) is 11.6 Å². The van der Waals surface area contributed by atoms with Crippen LogP contribution < -0.4 is 0 Å². The van der Waals surface area contributed by atoms with Crippen molar-refractivity contribution in [1.82, 2.24) is 0 Å². The second kappa shape index (κ2) is 5.43. The number of hydrogen-bond acceptors (Lipinski definition) is 2. The van der Waals surface area contributed by atoms with Gasteiger partial charge in [0.2, 0.25) is 0 Å². The smallest absolute Gasteiger partial charge is 0.126 e. The zero-order valence-corrected chi connectivity index (χ0v) is 15.7. The molecule has 24 heavy (non-hydrogen) atoms. The fourth-order valence-corrected chi connectivity index (χ4v) is 7.69. The van der Waals surface area contributed by atoms with Crippen LogP contribution in [-0.2, 0) is 4.79 Å². The Morgan fingerprint density at radius 2 is 1.83 bits per heavy atom. The van der Waals surface area contributed by atoms with Crippen LogP contribution in [0.4, 0.5) is 0 Å². The summed E-state index contributed by atoms with van der Waals surface area (Å²) in [5.74, 6) is 2.49. The Bertz CT molecular complexity index is 562. The van der Waals surface area contributed by atoms with E-state index in [1.165, 1.54) is 38.4 Å². The van der Waals surface area contributed by atoms with Crippen LogP contribution in [-0.4, -0.2) is 17.0 Å². The van der Waals surface area contributed by atoms with Crippen molar-refractivity contribution in [2.75, 3.05) is 0 Å². The van der Waals surface area contributed by atoms with E-state index in [0.717, 1.165) is 37.5 Å². The Kier molecular flexibility index (Phi) is 3.81. The van der Waals surface area contributed by atoms with Gasteiger partial charge in [-0.05, 0) is 101 Å². The molecule has 0 aromatic heterocycles. The summed E-state index contributed by atoms with van der Waals surface area (Å²) in [5.41, 5.74) is 1.39. The molecule has 4 fully saturated rings. The highest BCUT2D eigenvalue weighted by molar-refractivity contribution is 5.62. The third kappa shape index (κ3) is 2.14. The lowest BCUT2D eigenvalue weighted by atomic mass is 9.44. The average molecular weight is 331 g/mol.